The predicted octanol–water partition coefficient (Wildman–Crippen LogP) is 3.54. The maximum Gasteiger partial charge on any atom is 0.236 e. The maximum atomic E-state index is 12.1. The first-order chi connectivity index (χ1) is 9.89. The lowest BCUT2D eigenvalue weighted by molar-refractivity contribution is 0.282. The van der Waals surface area contributed by atoms with E-state index in [1.54, 1.807) is 42.5 Å². The molecular formula is C14H13BrClNO3S. The summed E-state index contributed by atoms with van der Waals surface area (Å²) in [6, 6.07) is 11.6. The minimum atomic E-state index is -3.54. The van der Waals surface area contributed by atoms with Crippen LogP contribution in [0.15, 0.2) is 46.9 Å². The van der Waals surface area contributed by atoms with Gasteiger partial charge in [-0.15, -0.1) is 0 Å². The number of halogens is 2. The number of rotatable bonds is 5. The normalized spacial score (nSPS) is 11.4. The van der Waals surface area contributed by atoms with Crippen LogP contribution in [0.5, 0.6) is 0 Å². The molecule has 21 heavy (non-hydrogen) atoms. The molecule has 0 radical (unpaired) electrons. The van der Waals surface area contributed by atoms with Gasteiger partial charge in [0, 0.05) is 10.2 Å². The fourth-order valence-corrected chi connectivity index (χ4v) is 3.49. The summed E-state index contributed by atoms with van der Waals surface area (Å²) in [4.78, 5) is 0. The van der Waals surface area contributed by atoms with Crippen LogP contribution in [0.4, 0.5) is 5.69 Å². The summed E-state index contributed by atoms with van der Waals surface area (Å²) in [5.74, 6) is -0.166. The van der Waals surface area contributed by atoms with Crippen molar-refractivity contribution in [1.29, 1.82) is 0 Å². The molecule has 0 aromatic heterocycles. The Kier molecular flexibility index (Phi) is 5.27. The van der Waals surface area contributed by atoms with Crippen LogP contribution in [-0.4, -0.2) is 13.5 Å². The zero-order valence-electron chi connectivity index (χ0n) is 10.9. The largest absolute Gasteiger partial charge is 0.392 e. The zero-order chi connectivity index (χ0) is 15.5. The molecule has 7 heteroatoms. The second kappa shape index (κ2) is 6.79. The molecule has 0 bridgehead atoms. The molecule has 0 heterocycles. The smallest absolute Gasteiger partial charge is 0.236 e. The van der Waals surface area contributed by atoms with E-state index in [9.17, 15) is 8.42 Å². The van der Waals surface area contributed by atoms with Crippen LogP contribution in [0.25, 0.3) is 0 Å². The average Bonchev–Trinajstić information content (AvgIpc) is 2.42. The standard InChI is InChI=1S/C14H13BrClNO3S/c15-13-7-12(4-5-14(13)16)17-21(19,20)9-11-3-1-2-10(6-11)8-18/h1-7,17-18H,8-9H2. The minimum absolute atomic E-state index is 0.120. The van der Waals surface area contributed by atoms with Crippen molar-refractivity contribution in [3.8, 4) is 0 Å². The second-order valence-corrected chi connectivity index (χ2v) is 7.45. The first kappa shape index (κ1) is 16.3. The third-order valence-electron chi connectivity index (χ3n) is 2.72. The third kappa shape index (κ3) is 4.71. The van der Waals surface area contributed by atoms with Crippen LogP contribution in [0.1, 0.15) is 11.1 Å². The molecule has 0 atom stereocenters. The molecule has 0 saturated carbocycles. The second-order valence-electron chi connectivity index (χ2n) is 4.47. The van der Waals surface area contributed by atoms with Gasteiger partial charge < -0.3 is 5.11 Å². The van der Waals surface area contributed by atoms with Crippen molar-refractivity contribution in [2.24, 2.45) is 0 Å². The van der Waals surface area contributed by atoms with Crippen molar-refractivity contribution in [2.75, 3.05) is 4.72 Å². The van der Waals surface area contributed by atoms with Crippen molar-refractivity contribution in [2.45, 2.75) is 12.4 Å². The van der Waals surface area contributed by atoms with Gasteiger partial charge >= 0.3 is 0 Å². The molecule has 112 valence electrons. The molecule has 0 unspecified atom stereocenters. The van der Waals surface area contributed by atoms with Crippen molar-refractivity contribution < 1.29 is 13.5 Å². The quantitative estimate of drug-likeness (QED) is 0.820. The van der Waals surface area contributed by atoms with Gasteiger partial charge in [0.15, 0.2) is 0 Å². The molecule has 0 saturated heterocycles. The highest BCUT2D eigenvalue weighted by atomic mass is 79.9. The van der Waals surface area contributed by atoms with E-state index in [-0.39, 0.29) is 12.4 Å². The molecule has 0 aliphatic carbocycles. The number of hydrogen-bond acceptors (Lipinski definition) is 3. The van der Waals surface area contributed by atoms with Gasteiger partial charge in [0.2, 0.25) is 10.0 Å². The van der Waals surface area contributed by atoms with Crippen molar-refractivity contribution in [3.05, 3.63) is 63.1 Å². The zero-order valence-corrected chi connectivity index (χ0v) is 14.0. The lowest BCUT2D eigenvalue weighted by atomic mass is 10.1. The number of anilines is 1. The van der Waals surface area contributed by atoms with E-state index in [0.717, 1.165) is 0 Å². The van der Waals surface area contributed by atoms with Crippen molar-refractivity contribution in [3.63, 3.8) is 0 Å². The molecule has 0 amide bonds. The lowest BCUT2D eigenvalue weighted by Crippen LogP contribution is -2.15. The highest BCUT2D eigenvalue weighted by molar-refractivity contribution is 9.10. The van der Waals surface area contributed by atoms with E-state index >= 15 is 0 Å². The molecule has 0 fully saturated rings. The van der Waals surface area contributed by atoms with Gasteiger partial charge in [0.25, 0.3) is 0 Å². The topological polar surface area (TPSA) is 66.4 Å². The Bertz CT molecular complexity index is 750. The number of nitrogens with one attached hydrogen (secondary N) is 1. The summed E-state index contributed by atoms with van der Waals surface area (Å²) in [6.07, 6.45) is 0. The van der Waals surface area contributed by atoms with Crippen LogP contribution in [0.3, 0.4) is 0 Å². The molecular weight excluding hydrogens is 378 g/mol. The SMILES string of the molecule is O=S(=O)(Cc1cccc(CO)c1)Nc1ccc(Cl)c(Br)c1. The Morgan fingerprint density at radius 3 is 2.52 bits per heavy atom. The van der Waals surface area contributed by atoms with Gasteiger partial charge in [-0.3, -0.25) is 4.72 Å². The number of benzene rings is 2. The van der Waals surface area contributed by atoms with Crippen LogP contribution in [-0.2, 0) is 22.4 Å². The van der Waals surface area contributed by atoms with E-state index in [4.69, 9.17) is 16.7 Å². The average molecular weight is 391 g/mol. The van der Waals surface area contributed by atoms with E-state index in [0.29, 0.717) is 26.3 Å². The third-order valence-corrected chi connectivity index (χ3v) is 5.20. The molecule has 4 nitrogen and oxygen atoms in total. The fourth-order valence-electron chi connectivity index (χ4n) is 1.81. The number of hydrogen-bond donors (Lipinski definition) is 2. The van der Waals surface area contributed by atoms with Gasteiger partial charge in [-0.25, -0.2) is 8.42 Å². The monoisotopic (exact) mass is 389 g/mol. The highest BCUT2D eigenvalue weighted by Gasteiger charge is 2.13. The Labute approximate surface area is 136 Å². The molecule has 0 aliphatic heterocycles. The number of aliphatic hydroxyl groups is 1. The van der Waals surface area contributed by atoms with Gasteiger partial charge in [-0.1, -0.05) is 35.9 Å². The summed E-state index contributed by atoms with van der Waals surface area (Å²) in [7, 11) is -3.54. The van der Waals surface area contributed by atoms with E-state index in [2.05, 4.69) is 20.7 Å². The summed E-state index contributed by atoms with van der Waals surface area (Å²) in [6.45, 7) is -0.120. The molecule has 2 rings (SSSR count). The number of aliphatic hydroxyl groups excluding tert-OH is 1. The van der Waals surface area contributed by atoms with E-state index in [1.807, 2.05) is 0 Å². The lowest BCUT2D eigenvalue weighted by Gasteiger charge is -2.09. The van der Waals surface area contributed by atoms with Gasteiger partial charge in [0.1, 0.15) is 0 Å². The summed E-state index contributed by atoms with van der Waals surface area (Å²) in [5, 5.41) is 9.58. The molecule has 2 aromatic rings. The maximum absolute atomic E-state index is 12.1. The molecule has 0 spiro atoms. The van der Waals surface area contributed by atoms with Crippen molar-refractivity contribution in [1.82, 2.24) is 0 Å². The fraction of sp³-hybridized carbons (Fsp3) is 0.143. The summed E-state index contributed by atoms with van der Waals surface area (Å²) < 4.78 is 27.4. The highest BCUT2D eigenvalue weighted by Crippen LogP contribution is 2.26. The Balaban J connectivity index is 2.16. The first-order valence-corrected chi connectivity index (χ1v) is 8.86. The molecule has 2 aromatic carbocycles. The summed E-state index contributed by atoms with van der Waals surface area (Å²) >= 11 is 9.11. The van der Waals surface area contributed by atoms with Crippen LogP contribution >= 0.6 is 27.5 Å². The number of sulfonamides is 1. The first-order valence-electron chi connectivity index (χ1n) is 6.04. The van der Waals surface area contributed by atoms with Gasteiger partial charge in [0.05, 0.1) is 17.4 Å². The van der Waals surface area contributed by atoms with Crippen molar-refractivity contribution >= 4 is 43.2 Å². The van der Waals surface area contributed by atoms with E-state index in [1.165, 1.54) is 0 Å². The Morgan fingerprint density at radius 1 is 1.14 bits per heavy atom. The predicted molar refractivity (Wildman–Crippen MR) is 87.8 cm³/mol. The van der Waals surface area contributed by atoms with Crippen LogP contribution in [0.2, 0.25) is 5.02 Å². The van der Waals surface area contributed by atoms with E-state index < -0.39 is 10.0 Å². The minimum Gasteiger partial charge on any atom is -0.392 e. The molecule has 2 N–H and O–H groups in total. The van der Waals surface area contributed by atoms with Gasteiger partial charge in [-0.2, -0.15) is 0 Å². The van der Waals surface area contributed by atoms with Crippen LogP contribution in [0, 0.1) is 0 Å². The van der Waals surface area contributed by atoms with Crippen LogP contribution < -0.4 is 4.72 Å². The molecule has 0 aliphatic rings. The Hall–Kier alpha value is -1.08. The van der Waals surface area contributed by atoms with Gasteiger partial charge in [-0.05, 0) is 45.3 Å². The summed E-state index contributed by atoms with van der Waals surface area (Å²) in [5.41, 5.74) is 1.73. The Morgan fingerprint density at radius 2 is 1.86 bits per heavy atom.